The van der Waals surface area contributed by atoms with Crippen LogP contribution in [0.15, 0.2) is 52.1 Å². The van der Waals surface area contributed by atoms with Crippen molar-refractivity contribution in [3.63, 3.8) is 0 Å². The van der Waals surface area contributed by atoms with Gasteiger partial charge < -0.3 is 10.1 Å². The second kappa shape index (κ2) is 4.34. The molecule has 0 saturated heterocycles. The SMILES string of the molecule is O=c1[nH]c2cc(O)ccc2c(=O)n1-c1cccc(F)c1. The van der Waals surface area contributed by atoms with E-state index >= 15 is 0 Å². The summed E-state index contributed by atoms with van der Waals surface area (Å²) in [4.78, 5) is 26.8. The second-order valence-corrected chi connectivity index (χ2v) is 4.28. The van der Waals surface area contributed by atoms with Crippen LogP contribution in [0.25, 0.3) is 16.6 Å². The number of nitrogens with zero attached hydrogens (tertiary/aromatic N) is 1. The predicted octanol–water partition coefficient (Wildman–Crippen LogP) is 1.52. The normalized spacial score (nSPS) is 10.8. The largest absolute Gasteiger partial charge is 0.508 e. The van der Waals surface area contributed by atoms with E-state index in [1.807, 2.05) is 0 Å². The number of aromatic hydroxyl groups is 1. The van der Waals surface area contributed by atoms with E-state index in [1.54, 1.807) is 0 Å². The molecule has 0 atom stereocenters. The number of aromatic nitrogens is 2. The van der Waals surface area contributed by atoms with E-state index in [0.29, 0.717) is 0 Å². The Balaban J connectivity index is 2.41. The monoisotopic (exact) mass is 272 g/mol. The second-order valence-electron chi connectivity index (χ2n) is 4.28. The fraction of sp³-hybridized carbons (Fsp3) is 0. The van der Waals surface area contributed by atoms with Crippen LogP contribution in [0.2, 0.25) is 0 Å². The third-order valence-corrected chi connectivity index (χ3v) is 2.95. The maximum Gasteiger partial charge on any atom is 0.333 e. The van der Waals surface area contributed by atoms with Crippen molar-refractivity contribution in [3.8, 4) is 11.4 Å². The molecule has 0 unspecified atom stereocenters. The van der Waals surface area contributed by atoms with Crippen LogP contribution >= 0.6 is 0 Å². The van der Waals surface area contributed by atoms with Gasteiger partial charge in [-0.25, -0.2) is 13.8 Å². The molecular formula is C14H9FN2O3. The number of nitrogens with one attached hydrogen (secondary N) is 1. The highest BCUT2D eigenvalue weighted by Crippen LogP contribution is 2.14. The molecule has 0 aliphatic rings. The molecule has 0 radical (unpaired) electrons. The highest BCUT2D eigenvalue weighted by molar-refractivity contribution is 5.79. The minimum atomic E-state index is -0.696. The minimum absolute atomic E-state index is 0.0592. The van der Waals surface area contributed by atoms with Gasteiger partial charge in [-0.15, -0.1) is 0 Å². The van der Waals surface area contributed by atoms with Crippen molar-refractivity contribution >= 4 is 10.9 Å². The Morgan fingerprint density at radius 2 is 1.90 bits per heavy atom. The van der Waals surface area contributed by atoms with Gasteiger partial charge >= 0.3 is 5.69 Å². The van der Waals surface area contributed by atoms with Crippen LogP contribution in [0, 0.1) is 5.82 Å². The molecule has 1 aromatic heterocycles. The van der Waals surface area contributed by atoms with Crippen molar-refractivity contribution in [2.24, 2.45) is 0 Å². The number of hydrogen-bond donors (Lipinski definition) is 2. The first kappa shape index (κ1) is 12.2. The summed E-state index contributed by atoms with van der Waals surface area (Å²) < 4.78 is 14.1. The van der Waals surface area contributed by atoms with E-state index in [2.05, 4.69) is 4.98 Å². The highest BCUT2D eigenvalue weighted by Gasteiger charge is 2.10. The Morgan fingerprint density at radius 1 is 1.10 bits per heavy atom. The van der Waals surface area contributed by atoms with Crippen molar-refractivity contribution in [2.45, 2.75) is 0 Å². The van der Waals surface area contributed by atoms with E-state index in [-0.39, 0.29) is 22.3 Å². The zero-order valence-corrected chi connectivity index (χ0v) is 10.1. The average molecular weight is 272 g/mol. The minimum Gasteiger partial charge on any atom is -0.508 e. The zero-order valence-electron chi connectivity index (χ0n) is 10.1. The molecule has 1 heterocycles. The van der Waals surface area contributed by atoms with Crippen molar-refractivity contribution in [1.29, 1.82) is 0 Å². The highest BCUT2D eigenvalue weighted by atomic mass is 19.1. The third kappa shape index (κ3) is 1.87. The van der Waals surface area contributed by atoms with Gasteiger partial charge in [0, 0.05) is 6.07 Å². The molecule has 0 spiro atoms. The molecule has 3 aromatic rings. The lowest BCUT2D eigenvalue weighted by Gasteiger charge is -2.06. The molecule has 2 N–H and O–H groups in total. The van der Waals surface area contributed by atoms with E-state index in [0.717, 1.165) is 10.6 Å². The summed E-state index contributed by atoms with van der Waals surface area (Å²) in [5, 5.41) is 9.58. The van der Waals surface area contributed by atoms with Crippen LogP contribution in [0.5, 0.6) is 5.75 Å². The first-order chi connectivity index (χ1) is 9.56. The van der Waals surface area contributed by atoms with Gasteiger partial charge in [-0.3, -0.25) is 4.79 Å². The molecule has 0 aliphatic heterocycles. The van der Waals surface area contributed by atoms with Crippen LogP contribution in [0.4, 0.5) is 4.39 Å². The van der Waals surface area contributed by atoms with Gasteiger partial charge in [-0.2, -0.15) is 0 Å². The van der Waals surface area contributed by atoms with E-state index < -0.39 is 17.1 Å². The molecule has 2 aromatic carbocycles. The van der Waals surface area contributed by atoms with Crippen molar-refractivity contribution < 1.29 is 9.50 Å². The lowest BCUT2D eigenvalue weighted by molar-refractivity contribution is 0.476. The molecule has 20 heavy (non-hydrogen) atoms. The first-order valence-corrected chi connectivity index (χ1v) is 5.80. The number of phenolic OH excluding ortho intramolecular Hbond substituents is 1. The van der Waals surface area contributed by atoms with Crippen molar-refractivity contribution in [1.82, 2.24) is 9.55 Å². The number of hydrogen-bond acceptors (Lipinski definition) is 3. The van der Waals surface area contributed by atoms with E-state index in [4.69, 9.17) is 0 Å². The summed E-state index contributed by atoms with van der Waals surface area (Å²) in [6, 6.07) is 9.24. The molecule has 5 nitrogen and oxygen atoms in total. The number of H-pyrrole nitrogens is 1. The lowest BCUT2D eigenvalue weighted by atomic mass is 10.2. The standard InChI is InChI=1S/C14H9FN2O3/c15-8-2-1-3-9(6-8)17-13(19)11-5-4-10(18)7-12(11)16-14(17)20/h1-7,18H,(H,16,20). The van der Waals surface area contributed by atoms with Gasteiger partial charge in [0.2, 0.25) is 0 Å². The Morgan fingerprint density at radius 3 is 2.65 bits per heavy atom. The molecule has 100 valence electrons. The summed E-state index contributed by atoms with van der Waals surface area (Å²) >= 11 is 0. The van der Waals surface area contributed by atoms with Crippen molar-refractivity contribution in [2.75, 3.05) is 0 Å². The number of rotatable bonds is 1. The van der Waals surface area contributed by atoms with E-state index in [9.17, 15) is 19.1 Å². The predicted molar refractivity (Wildman–Crippen MR) is 71.8 cm³/mol. The third-order valence-electron chi connectivity index (χ3n) is 2.95. The molecular weight excluding hydrogens is 263 g/mol. The quantitative estimate of drug-likeness (QED) is 0.705. The molecule has 0 bridgehead atoms. The van der Waals surface area contributed by atoms with Gasteiger partial charge in [0.25, 0.3) is 5.56 Å². The van der Waals surface area contributed by atoms with Gasteiger partial charge in [-0.1, -0.05) is 6.07 Å². The molecule has 0 aliphatic carbocycles. The fourth-order valence-corrected chi connectivity index (χ4v) is 2.06. The number of aromatic amines is 1. The smallest absolute Gasteiger partial charge is 0.333 e. The summed E-state index contributed by atoms with van der Waals surface area (Å²) in [5.74, 6) is -0.601. The van der Waals surface area contributed by atoms with Crippen LogP contribution in [0.1, 0.15) is 0 Å². The van der Waals surface area contributed by atoms with Gasteiger partial charge in [0.05, 0.1) is 16.6 Å². The number of halogens is 1. The lowest BCUT2D eigenvalue weighted by Crippen LogP contribution is -2.33. The number of fused-ring (bicyclic) bond motifs is 1. The molecule has 3 rings (SSSR count). The van der Waals surface area contributed by atoms with Crippen molar-refractivity contribution in [3.05, 3.63) is 69.1 Å². The van der Waals surface area contributed by atoms with Crippen LogP contribution in [0.3, 0.4) is 0 Å². The molecule has 6 heteroatoms. The molecule has 0 amide bonds. The van der Waals surface area contributed by atoms with Crippen LogP contribution < -0.4 is 11.2 Å². The summed E-state index contributed by atoms with van der Waals surface area (Å²) in [6.07, 6.45) is 0. The maximum absolute atomic E-state index is 13.2. The van der Waals surface area contributed by atoms with Gasteiger partial charge in [0.1, 0.15) is 11.6 Å². The Bertz CT molecular complexity index is 928. The fourth-order valence-electron chi connectivity index (χ4n) is 2.06. The topological polar surface area (TPSA) is 75.1 Å². The summed E-state index contributed by atoms with van der Waals surface area (Å²) in [5.41, 5.74) is -0.896. The maximum atomic E-state index is 13.2. The molecule has 0 fully saturated rings. The Kier molecular flexibility index (Phi) is 2.64. The number of benzene rings is 2. The van der Waals surface area contributed by atoms with Crippen LogP contribution in [-0.4, -0.2) is 14.7 Å². The Hall–Kier alpha value is -2.89. The Labute approximate surface area is 111 Å². The molecule has 0 saturated carbocycles. The summed E-state index contributed by atoms with van der Waals surface area (Å²) in [6.45, 7) is 0. The zero-order chi connectivity index (χ0) is 14.3. The first-order valence-electron chi connectivity index (χ1n) is 5.80. The number of phenols is 1. The summed E-state index contributed by atoms with van der Waals surface area (Å²) in [7, 11) is 0. The van der Waals surface area contributed by atoms with Crippen LogP contribution in [-0.2, 0) is 0 Å². The van der Waals surface area contributed by atoms with E-state index in [1.165, 1.54) is 36.4 Å². The average Bonchev–Trinajstić information content (AvgIpc) is 2.38. The van der Waals surface area contributed by atoms with Gasteiger partial charge in [-0.05, 0) is 30.3 Å². The van der Waals surface area contributed by atoms with Gasteiger partial charge in [0.15, 0.2) is 0 Å².